The molecule has 3 nitrogen and oxygen atoms in total. The van der Waals surface area contributed by atoms with Crippen LogP contribution in [-0.2, 0) is 0 Å². The third-order valence-electron chi connectivity index (χ3n) is 11.6. The van der Waals surface area contributed by atoms with Gasteiger partial charge >= 0.3 is 0 Å². The van der Waals surface area contributed by atoms with E-state index in [4.69, 9.17) is 9.47 Å². The second kappa shape index (κ2) is 42.6. The molecule has 0 fully saturated rings. The number of ether oxygens (including phenoxy) is 2. The number of carbonyl (C=O) groups is 1. The van der Waals surface area contributed by atoms with Gasteiger partial charge in [0.05, 0.1) is 13.2 Å². The minimum atomic E-state index is 0.634. The van der Waals surface area contributed by atoms with Gasteiger partial charge in [0.1, 0.15) is 17.8 Å². The van der Waals surface area contributed by atoms with E-state index in [1.165, 1.54) is 244 Å². The van der Waals surface area contributed by atoms with E-state index >= 15 is 0 Å². The summed E-state index contributed by atoms with van der Waals surface area (Å²) in [7, 11) is 0. The molecule has 0 heterocycles. The quantitative estimate of drug-likeness (QED) is 0.0491. The monoisotopic (exact) mass is 755 g/mol. The van der Waals surface area contributed by atoms with E-state index in [2.05, 4.69) is 13.8 Å². The lowest BCUT2D eigenvalue weighted by molar-refractivity contribution is 0.112. The van der Waals surface area contributed by atoms with Crippen LogP contribution in [0.3, 0.4) is 0 Å². The van der Waals surface area contributed by atoms with Crippen molar-refractivity contribution in [2.75, 3.05) is 13.2 Å². The average Bonchev–Trinajstić information content (AvgIpc) is 3.19. The highest BCUT2D eigenvalue weighted by Gasteiger charge is 2.04. The van der Waals surface area contributed by atoms with Crippen molar-refractivity contribution < 1.29 is 14.3 Å². The summed E-state index contributed by atoms with van der Waals surface area (Å²) >= 11 is 0. The van der Waals surface area contributed by atoms with E-state index < -0.39 is 0 Å². The van der Waals surface area contributed by atoms with Crippen LogP contribution < -0.4 is 9.47 Å². The zero-order valence-corrected chi connectivity index (χ0v) is 36.7. The fraction of sp³-hybridized carbons (Fsp3) is 0.863. The highest BCUT2D eigenvalue weighted by Crippen LogP contribution is 2.24. The van der Waals surface area contributed by atoms with Gasteiger partial charge in [0.2, 0.25) is 0 Å². The van der Waals surface area contributed by atoms with Crippen molar-refractivity contribution in [3.8, 4) is 11.5 Å². The predicted octanol–water partition coefficient (Wildman–Crippen LogP) is 17.9. The molecule has 0 aromatic heterocycles. The van der Waals surface area contributed by atoms with Gasteiger partial charge in [-0.25, -0.2) is 0 Å². The van der Waals surface area contributed by atoms with E-state index in [-0.39, 0.29) is 0 Å². The van der Waals surface area contributed by atoms with Crippen LogP contribution in [-0.4, -0.2) is 19.5 Å². The van der Waals surface area contributed by atoms with Gasteiger partial charge in [0.15, 0.2) is 0 Å². The Morgan fingerprint density at radius 1 is 0.315 bits per heavy atom. The molecule has 0 amide bonds. The lowest BCUT2D eigenvalue weighted by atomic mass is 10.0. The fourth-order valence-electron chi connectivity index (χ4n) is 7.92. The Balaban J connectivity index is 1.89. The first-order chi connectivity index (χ1) is 26.8. The van der Waals surface area contributed by atoms with E-state index in [0.29, 0.717) is 18.8 Å². The molecule has 0 saturated carbocycles. The van der Waals surface area contributed by atoms with Gasteiger partial charge < -0.3 is 9.47 Å². The van der Waals surface area contributed by atoms with Crippen molar-refractivity contribution in [1.29, 1.82) is 0 Å². The van der Waals surface area contributed by atoms with Gasteiger partial charge in [-0.2, -0.15) is 0 Å². The van der Waals surface area contributed by atoms with Crippen LogP contribution in [0.25, 0.3) is 0 Å². The SMILES string of the molecule is CCCCCCCCCCCCCCCCCCCCCCOc1cc(C=O)cc(OCCCCCCCCCCCCCCCCCCCCCC)c1. The largest absolute Gasteiger partial charge is 0.493 e. The van der Waals surface area contributed by atoms with Crippen molar-refractivity contribution in [3.63, 3.8) is 0 Å². The Labute approximate surface area is 338 Å². The maximum Gasteiger partial charge on any atom is 0.150 e. The van der Waals surface area contributed by atoms with Crippen LogP contribution in [0.5, 0.6) is 11.5 Å². The number of benzene rings is 1. The number of carbonyl (C=O) groups excluding carboxylic acids is 1. The molecule has 3 heteroatoms. The average molecular weight is 755 g/mol. The summed E-state index contributed by atoms with van der Waals surface area (Å²) in [5.74, 6) is 1.52. The molecule has 0 atom stereocenters. The summed E-state index contributed by atoms with van der Waals surface area (Å²) < 4.78 is 12.1. The molecule has 0 spiro atoms. The van der Waals surface area contributed by atoms with Gasteiger partial charge in [-0.15, -0.1) is 0 Å². The predicted molar refractivity (Wildman–Crippen MR) is 239 cm³/mol. The molecule has 0 unspecified atom stereocenters. The standard InChI is InChI=1S/C51H94O3/c1-3-5-7-9-11-13-15-17-19-21-23-25-27-29-31-33-35-37-39-41-43-53-50-45-49(48-52)46-51(47-50)54-44-42-40-38-36-34-32-30-28-26-24-22-20-18-16-14-12-10-8-6-4-2/h45-48H,3-44H2,1-2H3. The number of aldehydes is 1. The maximum absolute atomic E-state index is 11.5. The summed E-state index contributed by atoms with van der Waals surface area (Å²) in [4.78, 5) is 11.5. The van der Waals surface area contributed by atoms with Crippen molar-refractivity contribution in [1.82, 2.24) is 0 Å². The lowest BCUT2D eigenvalue weighted by Crippen LogP contribution is -2.01. The first kappa shape index (κ1) is 50.5. The number of rotatable bonds is 45. The molecule has 0 N–H and O–H groups in total. The summed E-state index contributed by atoms with van der Waals surface area (Å²) in [5, 5.41) is 0. The summed E-state index contributed by atoms with van der Waals surface area (Å²) in [6, 6.07) is 5.64. The Kier molecular flexibility index (Phi) is 39.9. The molecule has 0 saturated heterocycles. The zero-order valence-electron chi connectivity index (χ0n) is 36.7. The first-order valence-corrected chi connectivity index (χ1v) is 24.7. The second-order valence-corrected chi connectivity index (χ2v) is 17.0. The van der Waals surface area contributed by atoms with Gasteiger partial charge in [0.25, 0.3) is 0 Å². The molecule has 54 heavy (non-hydrogen) atoms. The molecule has 0 aliphatic heterocycles. The number of unbranched alkanes of at least 4 members (excludes halogenated alkanes) is 38. The minimum absolute atomic E-state index is 0.634. The van der Waals surface area contributed by atoms with E-state index in [9.17, 15) is 4.79 Å². The molecule has 0 radical (unpaired) electrons. The van der Waals surface area contributed by atoms with E-state index in [1.54, 1.807) is 0 Å². The Morgan fingerprint density at radius 3 is 0.722 bits per heavy atom. The summed E-state index contributed by atoms with van der Waals surface area (Å²) in [5.41, 5.74) is 0.634. The molecule has 0 aliphatic carbocycles. The molecule has 1 rings (SSSR count). The molecule has 1 aromatic carbocycles. The molecular formula is C51H94O3. The fourth-order valence-corrected chi connectivity index (χ4v) is 7.92. The maximum atomic E-state index is 11.5. The molecular weight excluding hydrogens is 661 g/mol. The summed E-state index contributed by atoms with van der Waals surface area (Å²) in [6.45, 7) is 6.01. The molecule has 0 bridgehead atoms. The highest BCUT2D eigenvalue weighted by molar-refractivity contribution is 5.76. The third-order valence-corrected chi connectivity index (χ3v) is 11.6. The minimum Gasteiger partial charge on any atom is -0.493 e. The zero-order chi connectivity index (χ0) is 38.7. The van der Waals surface area contributed by atoms with Crippen LogP contribution in [0.15, 0.2) is 18.2 Å². The number of hydrogen-bond acceptors (Lipinski definition) is 3. The van der Waals surface area contributed by atoms with Crippen LogP contribution in [0, 0.1) is 0 Å². The Bertz CT molecular complexity index is 817. The van der Waals surface area contributed by atoms with Crippen molar-refractivity contribution >= 4 is 6.29 Å². The van der Waals surface area contributed by atoms with Gasteiger partial charge in [-0.1, -0.05) is 258 Å². The highest BCUT2D eigenvalue weighted by atomic mass is 16.5. The Hall–Kier alpha value is -1.51. The van der Waals surface area contributed by atoms with Gasteiger partial charge in [-0.3, -0.25) is 4.79 Å². The van der Waals surface area contributed by atoms with Gasteiger partial charge in [0, 0.05) is 11.6 Å². The van der Waals surface area contributed by atoms with Crippen LogP contribution in [0.2, 0.25) is 0 Å². The van der Waals surface area contributed by atoms with Crippen LogP contribution in [0.4, 0.5) is 0 Å². The Morgan fingerprint density at radius 2 is 0.519 bits per heavy atom. The smallest absolute Gasteiger partial charge is 0.150 e. The van der Waals surface area contributed by atoms with Crippen molar-refractivity contribution in [2.45, 2.75) is 271 Å². The van der Waals surface area contributed by atoms with Crippen molar-refractivity contribution in [3.05, 3.63) is 23.8 Å². The topological polar surface area (TPSA) is 35.5 Å². The van der Waals surface area contributed by atoms with Gasteiger partial charge in [-0.05, 0) is 25.0 Å². The first-order valence-electron chi connectivity index (χ1n) is 24.7. The van der Waals surface area contributed by atoms with Crippen LogP contribution in [0.1, 0.15) is 281 Å². The van der Waals surface area contributed by atoms with Crippen molar-refractivity contribution in [2.24, 2.45) is 0 Å². The molecule has 316 valence electrons. The van der Waals surface area contributed by atoms with E-state index in [1.807, 2.05) is 18.2 Å². The van der Waals surface area contributed by atoms with E-state index in [0.717, 1.165) is 30.6 Å². The molecule has 1 aromatic rings. The van der Waals surface area contributed by atoms with Crippen LogP contribution >= 0.6 is 0 Å². The molecule has 0 aliphatic rings. The summed E-state index contributed by atoms with van der Waals surface area (Å²) in [6.07, 6.45) is 56.6. The number of hydrogen-bond donors (Lipinski definition) is 0. The normalized spacial score (nSPS) is 11.4. The lowest BCUT2D eigenvalue weighted by Gasteiger charge is -2.11. The second-order valence-electron chi connectivity index (χ2n) is 17.0. The third kappa shape index (κ3) is 36.1.